The summed E-state index contributed by atoms with van der Waals surface area (Å²) in [6.45, 7) is 2.09. The van der Waals surface area contributed by atoms with E-state index in [2.05, 4.69) is 22.0 Å². The van der Waals surface area contributed by atoms with Gasteiger partial charge in [0.05, 0.1) is 10.4 Å². The van der Waals surface area contributed by atoms with Crippen molar-refractivity contribution in [1.82, 2.24) is 15.1 Å². The summed E-state index contributed by atoms with van der Waals surface area (Å²) in [5.74, 6) is 1.01. The van der Waals surface area contributed by atoms with Crippen LogP contribution in [0.15, 0.2) is 22.9 Å². The van der Waals surface area contributed by atoms with Crippen LogP contribution in [0.5, 0.6) is 0 Å². The Balaban J connectivity index is 1.96. The standard InChI is InChI=1S/C14H17ClN4O/c1-14(7-3-2-6-10(14)16)13-18-12(19-20-13)11-9(15)5-4-8-17-11/h4-5,8,10H,2-3,6-7,16H2,1H3. The van der Waals surface area contributed by atoms with E-state index in [0.29, 0.717) is 22.4 Å². The molecule has 6 heteroatoms. The number of pyridine rings is 1. The number of nitrogens with zero attached hydrogens (tertiary/aromatic N) is 3. The van der Waals surface area contributed by atoms with Crippen molar-refractivity contribution in [2.75, 3.05) is 0 Å². The van der Waals surface area contributed by atoms with Crippen molar-refractivity contribution in [1.29, 1.82) is 0 Å². The number of hydrogen-bond donors (Lipinski definition) is 1. The molecule has 0 saturated heterocycles. The van der Waals surface area contributed by atoms with Gasteiger partial charge in [0.1, 0.15) is 5.69 Å². The van der Waals surface area contributed by atoms with E-state index in [0.717, 1.165) is 25.7 Å². The van der Waals surface area contributed by atoms with Crippen molar-refractivity contribution >= 4 is 11.6 Å². The summed E-state index contributed by atoms with van der Waals surface area (Å²) in [5, 5.41) is 4.53. The molecule has 2 aromatic rings. The predicted molar refractivity (Wildman–Crippen MR) is 76.3 cm³/mol. The number of nitrogens with two attached hydrogens (primary N) is 1. The summed E-state index contributed by atoms with van der Waals surface area (Å²) in [5.41, 5.74) is 6.53. The first-order chi connectivity index (χ1) is 9.61. The van der Waals surface area contributed by atoms with E-state index in [1.54, 1.807) is 18.3 Å². The number of rotatable bonds is 2. The third-order valence-corrected chi connectivity index (χ3v) is 4.47. The quantitative estimate of drug-likeness (QED) is 0.921. The van der Waals surface area contributed by atoms with Gasteiger partial charge < -0.3 is 10.3 Å². The third-order valence-electron chi connectivity index (χ3n) is 4.16. The number of hydrogen-bond acceptors (Lipinski definition) is 5. The zero-order valence-corrected chi connectivity index (χ0v) is 12.1. The molecule has 2 aromatic heterocycles. The Morgan fingerprint density at radius 2 is 2.30 bits per heavy atom. The second-order valence-electron chi connectivity index (χ2n) is 5.53. The molecule has 1 fully saturated rings. The summed E-state index contributed by atoms with van der Waals surface area (Å²) < 4.78 is 5.45. The first kappa shape index (κ1) is 13.5. The lowest BCUT2D eigenvalue weighted by Gasteiger charge is -2.35. The minimum absolute atomic E-state index is 0.0451. The lowest BCUT2D eigenvalue weighted by atomic mass is 9.72. The Labute approximate surface area is 122 Å². The highest BCUT2D eigenvalue weighted by Gasteiger charge is 2.41. The molecule has 2 N–H and O–H groups in total. The summed E-state index contributed by atoms with van der Waals surface area (Å²) in [4.78, 5) is 8.68. The van der Waals surface area contributed by atoms with Gasteiger partial charge in [0.15, 0.2) is 0 Å². The van der Waals surface area contributed by atoms with Gasteiger partial charge in [-0.1, -0.05) is 29.6 Å². The molecule has 2 atom stereocenters. The highest BCUT2D eigenvalue weighted by molar-refractivity contribution is 6.32. The zero-order chi connectivity index (χ0) is 14.2. The maximum Gasteiger partial charge on any atom is 0.234 e. The van der Waals surface area contributed by atoms with Crippen LogP contribution in [0, 0.1) is 0 Å². The first-order valence-corrected chi connectivity index (χ1v) is 7.20. The summed E-state index contributed by atoms with van der Waals surface area (Å²) in [7, 11) is 0. The predicted octanol–water partition coefficient (Wildman–Crippen LogP) is 2.94. The van der Waals surface area contributed by atoms with Gasteiger partial charge in [-0.05, 0) is 31.9 Å². The van der Waals surface area contributed by atoms with Gasteiger partial charge >= 0.3 is 0 Å². The van der Waals surface area contributed by atoms with Gasteiger partial charge in [-0.15, -0.1) is 0 Å². The molecule has 5 nitrogen and oxygen atoms in total. The number of aromatic nitrogens is 3. The molecule has 2 heterocycles. The molecule has 0 radical (unpaired) electrons. The second kappa shape index (κ2) is 5.14. The van der Waals surface area contributed by atoms with Crippen LogP contribution >= 0.6 is 11.6 Å². The molecule has 0 aliphatic heterocycles. The van der Waals surface area contributed by atoms with E-state index >= 15 is 0 Å². The maximum absolute atomic E-state index is 6.25. The van der Waals surface area contributed by atoms with Gasteiger partial charge in [0.25, 0.3) is 0 Å². The lowest BCUT2D eigenvalue weighted by molar-refractivity contribution is 0.203. The molecule has 1 aliphatic rings. The van der Waals surface area contributed by atoms with Crippen LogP contribution in [0.2, 0.25) is 5.02 Å². The molecule has 2 unspecified atom stereocenters. The molecule has 0 bridgehead atoms. The van der Waals surface area contributed by atoms with Crippen molar-refractivity contribution in [3.63, 3.8) is 0 Å². The molecule has 20 heavy (non-hydrogen) atoms. The third kappa shape index (κ3) is 2.21. The molecule has 0 amide bonds. The fraction of sp³-hybridized carbons (Fsp3) is 0.500. The SMILES string of the molecule is CC1(c2nc(-c3ncccc3Cl)no2)CCCCC1N. The van der Waals surface area contributed by atoms with Crippen molar-refractivity contribution in [2.24, 2.45) is 5.73 Å². The second-order valence-corrected chi connectivity index (χ2v) is 5.93. The molecule has 106 valence electrons. The van der Waals surface area contributed by atoms with E-state index < -0.39 is 0 Å². The van der Waals surface area contributed by atoms with Gasteiger partial charge in [-0.25, -0.2) is 0 Å². The molecule has 3 rings (SSSR count). The van der Waals surface area contributed by atoms with E-state index in [1.807, 2.05) is 0 Å². The average Bonchev–Trinajstić information content (AvgIpc) is 2.93. The molecule has 0 spiro atoms. The normalized spacial score (nSPS) is 26.6. The van der Waals surface area contributed by atoms with Crippen molar-refractivity contribution < 1.29 is 4.52 Å². The van der Waals surface area contributed by atoms with Crippen molar-refractivity contribution in [3.05, 3.63) is 29.2 Å². The van der Waals surface area contributed by atoms with Gasteiger partial charge in [-0.3, -0.25) is 4.98 Å². The fourth-order valence-electron chi connectivity index (χ4n) is 2.73. The van der Waals surface area contributed by atoms with E-state index in [4.69, 9.17) is 21.9 Å². The van der Waals surface area contributed by atoms with Gasteiger partial charge in [0.2, 0.25) is 11.7 Å². The van der Waals surface area contributed by atoms with Crippen molar-refractivity contribution in [3.8, 4) is 11.5 Å². The topological polar surface area (TPSA) is 77.8 Å². The molecule has 1 saturated carbocycles. The van der Waals surface area contributed by atoms with Crippen LogP contribution in [-0.2, 0) is 5.41 Å². The Hall–Kier alpha value is -1.46. The lowest BCUT2D eigenvalue weighted by Crippen LogP contribution is -2.45. The molecular weight excluding hydrogens is 276 g/mol. The minimum Gasteiger partial charge on any atom is -0.338 e. The summed E-state index contributed by atoms with van der Waals surface area (Å²) in [6.07, 6.45) is 5.89. The first-order valence-electron chi connectivity index (χ1n) is 6.82. The summed E-state index contributed by atoms with van der Waals surface area (Å²) >= 11 is 6.11. The Morgan fingerprint density at radius 1 is 1.45 bits per heavy atom. The van der Waals surface area contributed by atoms with Crippen LogP contribution in [0.4, 0.5) is 0 Å². The molecular formula is C14H17ClN4O. The average molecular weight is 293 g/mol. The maximum atomic E-state index is 6.25. The molecule has 1 aliphatic carbocycles. The van der Waals surface area contributed by atoms with E-state index in [-0.39, 0.29) is 11.5 Å². The monoisotopic (exact) mass is 292 g/mol. The van der Waals surface area contributed by atoms with E-state index in [1.165, 1.54) is 0 Å². The van der Waals surface area contributed by atoms with Gasteiger partial charge in [-0.2, -0.15) is 4.98 Å². The number of halogens is 1. The van der Waals surface area contributed by atoms with Crippen LogP contribution < -0.4 is 5.73 Å². The van der Waals surface area contributed by atoms with Crippen molar-refractivity contribution in [2.45, 2.75) is 44.1 Å². The Kier molecular flexibility index (Phi) is 3.48. The summed E-state index contributed by atoms with van der Waals surface area (Å²) in [6, 6.07) is 3.57. The smallest absolute Gasteiger partial charge is 0.234 e. The minimum atomic E-state index is -0.259. The largest absolute Gasteiger partial charge is 0.338 e. The highest BCUT2D eigenvalue weighted by Crippen LogP contribution is 2.38. The van der Waals surface area contributed by atoms with Crippen LogP contribution in [0.1, 0.15) is 38.5 Å². The van der Waals surface area contributed by atoms with Crippen LogP contribution in [-0.4, -0.2) is 21.2 Å². The Bertz CT molecular complexity index is 615. The highest BCUT2D eigenvalue weighted by atomic mass is 35.5. The molecule has 0 aromatic carbocycles. The zero-order valence-electron chi connectivity index (χ0n) is 11.3. The fourth-order valence-corrected chi connectivity index (χ4v) is 2.93. The van der Waals surface area contributed by atoms with Crippen LogP contribution in [0.25, 0.3) is 11.5 Å². The van der Waals surface area contributed by atoms with Gasteiger partial charge in [0, 0.05) is 12.2 Å². The Morgan fingerprint density at radius 3 is 3.05 bits per heavy atom. The van der Waals surface area contributed by atoms with E-state index in [9.17, 15) is 0 Å². The van der Waals surface area contributed by atoms with Crippen LogP contribution in [0.3, 0.4) is 0 Å².